The quantitative estimate of drug-likeness (QED) is 0.562. The van der Waals surface area contributed by atoms with E-state index in [1.807, 2.05) is 5.32 Å². The fraction of sp³-hybridized carbons (Fsp3) is 0.235. The van der Waals surface area contributed by atoms with Crippen LogP contribution in [0.3, 0.4) is 0 Å². The number of nitrogens with zero attached hydrogens (tertiary/aromatic N) is 3. The van der Waals surface area contributed by atoms with Crippen molar-refractivity contribution in [2.45, 2.75) is 12.8 Å². The summed E-state index contributed by atoms with van der Waals surface area (Å²) in [5.74, 6) is -2.37. The number of fused-ring (bicyclic) bond motifs is 1. The van der Waals surface area contributed by atoms with Crippen LogP contribution in [0.4, 0.5) is 25.0 Å². The van der Waals surface area contributed by atoms with E-state index in [9.17, 15) is 22.0 Å². The van der Waals surface area contributed by atoms with E-state index < -0.39 is 39.3 Å². The fourth-order valence-corrected chi connectivity index (χ4v) is 4.28. The smallest absolute Gasteiger partial charge is 0.408 e. The molecular formula is C17H16F2N6O4S. The summed E-state index contributed by atoms with van der Waals surface area (Å²) in [6, 6.07) is 3.20. The number of halogens is 2. The Morgan fingerprint density at radius 1 is 1.20 bits per heavy atom. The van der Waals surface area contributed by atoms with E-state index in [0.717, 1.165) is 16.4 Å². The minimum atomic E-state index is -4.00. The van der Waals surface area contributed by atoms with Gasteiger partial charge in [0, 0.05) is 19.2 Å². The van der Waals surface area contributed by atoms with Crippen molar-refractivity contribution in [1.29, 1.82) is 0 Å². The third-order valence-electron chi connectivity index (χ3n) is 4.42. The Morgan fingerprint density at radius 3 is 2.73 bits per heavy atom. The molecule has 1 amide bonds. The van der Waals surface area contributed by atoms with Crippen molar-refractivity contribution in [3.05, 3.63) is 42.4 Å². The first kappa shape index (κ1) is 20.0. The highest BCUT2D eigenvalue weighted by molar-refractivity contribution is 7.90. The molecular weight excluding hydrogens is 422 g/mol. The maximum atomic E-state index is 14.7. The van der Waals surface area contributed by atoms with Crippen LogP contribution in [0.25, 0.3) is 11.2 Å². The Hall–Kier alpha value is -3.32. The molecule has 0 aliphatic carbocycles. The van der Waals surface area contributed by atoms with Crippen molar-refractivity contribution in [2.75, 3.05) is 23.1 Å². The van der Waals surface area contributed by atoms with Gasteiger partial charge in [-0.1, -0.05) is 0 Å². The van der Waals surface area contributed by atoms with Crippen LogP contribution < -0.4 is 14.8 Å². The zero-order valence-corrected chi connectivity index (χ0v) is 16.2. The first-order chi connectivity index (χ1) is 14.3. The summed E-state index contributed by atoms with van der Waals surface area (Å²) in [5, 5.41) is 1.95. The number of rotatable bonds is 5. The molecule has 3 aromatic rings. The normalized spacial score (nSPS) is 14.7. The van der Waals surface area contributed by atoms with Crippen LogP contribution in [0.2, 0.25) is 0 Å². The number of H-pyrrole nitrogens is 1. The highest BCUT2D eigenvalue weighted by Crippen LogP contribution is 2.28. The number of aromatic nitrogens is 3. The average Bonchev–Trinajstić information content (AvgIpc) is 3.39. The molecule has 1 fully saturated rings. The highest BCUT2D eigenvalue weighted by Gasteiger charge is 2.27. The van der Waals surface area contributed by atoms with E-state index in [-0.39, 0.29) is 5.75 Å². The van der Waals surface area contributed by atoms with Gasteiger partial charge in [0.2, 0.25) is 0 Å². The third-order valence-corrected chi connectivity index (χ3v) is 5.94. The topological polar surface area (TPSA) is 129 Å². The van der Waals surface area contributed by atoms with Crippen LogP contribution in [0, 0.1) is 11.6 Å². The molecule has 10 nitrogen and oxygen atoms in total. The Kier molecular flexibility index (Phi) is 5.22. The predicted octanol–water partition coefficient (Wildman–Crippen LogP) is 2.60. The fourth-order valence-electron chi connectivity index (χ4n) is 2.98. The molecule has 4 rings (SSSR count). The molecule has 0 spiro atoms. The van der Waals surface area contributed by atoms with Gasteiger partial charge in [-0.25, -0.2) is 23.5 Å². The maximum absolute atomic E-state index is 14.7. The lowest BCUT2D eigenvalue weighted by atomic mass is 10.2. The zero-order valence-electron chi connectivity index (χ0n) is 15.4. The predicted molar refractivity (Wildman–Crippen MR) is 103 cm³/mol. The minimum absolute atomic E-state index is 0.0101. The summed E-state index contributed by atoms with van der Waals surface area (Å²) < 4.78 is 61.7. The number of imidazole rings is 1. The van der Waals surface area contributed by atoms with Crippen molar-refractivity contribution in [1.82, 2.24) is 19.3 Å². The number of carbonyl (C=O) groups excluding carboxylic acids is 1. The number of nitrogens with one attached hydrogen (secondary N) is 3. The number of aromatic amines is 1. The molecule has 13 heteroatoms. The van der Waals surface area contributed by atoms with Gasteiger partial charge >= 0.3 is 16.3 Å². The van der Waals surface area contributed by atoms with Gasteiger partial charge in [-0.05, 0) is 25.0 Å². The maximum Gasteiger partial charge on any atom is 0.417 e. The van der Waals surface area contributed by atoms with Gasteiger partial charge < -0.3 is 9.72 Å². The van der Waals surface area contributed by atoms with E-state index in [0.29, 0.717) is 37.1 Å². The highest BCUT2D eigenvalue weighted by atomic mass is 32.2. The zero-order chi connectivity index (χ0) is 21.3. The molecule has 1 saturated heterocycles. The Morgan fingerprint density at radius 2 is 1.97 bits per heavy atom. The van der Waals surface area contributed by atoms with Crippen LogP contribution >= 0.6 is 0 Å². The Bertz CT molecular complexity index is 1210. The van der Waals surface area contributed by atoms with Gasteiger partial charge in [0.25, 0.3) is 0 Å². The molecule has 1 aliphatic heterocycles. The molecule has 1 aliphatic rings. The average molecular weight is 438 g/mol. The number of ether oxygens (including phenoxy) is 1. The molecule has 0 atom stereocenters. The van der Waals surface area contributed by atoms with E-state index in [1.54, 1.807) is 0 Å². The van der Waals surface area contributed by atoms with Crippen molar-refractivity contribution >= 4 is 38.8 Å². The van der Waals surface area contributed by atoms with Gasteiger partial charge in [-0.3, -0.25) is 10.0 Å². The minimum Gasteiger partial charge on any atom is -0.408 e. The van der Waals surface area contributed by atoms with Crippen molar-refractivity contribution in [2.24, 2.45) is 0 Å². The molecule has 0 unspecified atom stereocenters. The first-order valence-corrected chi connectivity index (χ1v) is 10.3. The number of anilines is 2. The number of pyridine rings is 1. The lowest BCUT2D eigenvalue weighted by Gasteiger charge is -2.18. The van der Waals surface area contributed by atoms with Crippen LogP contribution in [0.5, 0.6) is 5.75 Å². The summed E-state index contributed by atoms with van der Waals surface area (Å²) in [6.07, 6.45) is 2.83. The van der Waals surface area contributed by atoms with Crippen LogP contribution in [-0.2, 0) is 10.2 Å². The lowest BCUT2D eigenvalue weighted by Crippen LogP contribution is -2.33. The number of hydrogen-bond donors (Lipinski definition) is 3. The van der Waals surface area contributed by atoms with E-state index in [4.69, 9.17) is 4.74 Å². The molecule has 30 heavy (non-hydrogen) atoms. The monoisotopic (exact) mass is 438 g/mol. The number of carbonyl (C=O) groups is 1. The standard InChI is InChI=1S/C17H16F2N6O4S/c18-11-3-4-12(24-30(27,28)25-5-1-2-6-25)14(19)15(11)23-17(26)29-10-7-13-16(20-8-10)22-9-21-13/h3-4,7-9,24H,1-2,5-6H2,(H,23,26)(H,20,21,22). The SMILES string of the molecule is O=C(Nc1c(F)ccc(NS(=O)(=O)N2CCCC2)c1F)Oc1cnc2nc[nH]c2c1. The molecule has 0 radical (unpaired) electrons. The summed E-state index contributed by atoms with van der Waals surface area (Å²) in [7, 11) is -4.00. The Labute approximate surface area is 169 Å². The van der Waals surface area contributed by atoms with Gasteiger partial charge in [0.1, 0.15) is 11.5 Å². The second-order valence-corrected chi connectivity index (χ2v) is 8.13. The van der Waals surface area contributed by atoms with E-state index >= 15 is 0 Å². The molecule has 0 saturated carbocycles. The third kappa shape index (κ3) is 4.02. The second kappa shape index (κ2) is 7.84. The van der Waals surface area contributed by atoms with Gasteiger partial charge in [-0.2, -0.15) is 12.7 Å². The van der Waals surface area contributed by atoms with Crippen LogP contribution in [0.15, 0.2) is 30.7 Å². The van der Waals surface area contributed by atoms with Crippen LogP contribution in [0.1, 0.15) is 12.8 Å². The molecule has 3 N–H and O–H groups in total. The number of benzene rings is 1. The number of amides is 1. The van der Waals surface area contributed by atoms with Crippen molar-refractivity contribution < 1.29 is 26.7 Å². The summed E-state index contributed by atoms with van der Waals surface area (Å²) in [4.78, 5) is 22.7. The molecule has 3 heterocycles. The molecule has 158 valence electrons. The van der Waals surface area contributed by atoms with E-state index in [2.05, 4.69) is 19.7 Å². The second-order valence-electron chi connectivity index (χ2n) is 6.46. The summed E-state index contributed by atoms with van der Waals surface area (Å²) >= 11 is 0. The van der Waals surface area contributed by atoms with Gasteiger partial charge in [0.15, 0.2) is 17.2 Å². The largest absolute Gasteiger partial charge is 0.417 e. The van der Waals surface area contributed by atoms with Crippen LogP contribution in [-0.4, -0.2) is 46.9 Å². The van der Waals surface area contributed by atoms with Crippen molar-refractivity contribution in [3.8, 4) is 5.75 Å². The van der Waals surface area contributed by atoms with Gasteiger partial charge in [0.05, 0.1) is 23.7 Å². The molecule has 0 bridgehead atoms. The first-order valence-electron chi connectivity index (χ1n) is 8.87. The molecule has 1 aromatic carbocycles. The summed E-state index contributed by atoms with van der Waals surface area (Å²) in [6.45, 7) is 0.620. The number of hydrogen-bond acceptors (Lipinski definition) is 6. The summed E-state index contributed by atoms with van der Waals surface area (Å²) in [5.41, 5.74) is -0.454. The Balaban J connectivity index is 1.51. The lowest BCUT2D eigenvalue weighted by molar-refractivity contribution is 0.215. The molecule has 2 aromatic heterocycles. The van der Waals surface area contributed by atoms with Crippen molar-refractivity contribution in [3.63, 3.8) is 0 Å². The van der Waals surface area contributed by atoms with E-state index in [1.165, 1.54) is 18.6 Å². The van der Waals surface area contributed by atoms with Gasteiger partial charge in [-0.15, -0.1) is 0 Å².